The number of aromatic nitrogens is 6. The number of carbonyl (C=O) groups excluding carboxylic acids is 3. The Kier molecular flexibility index (Phi) is 17.8. The van der Waals surface area contributed by atoms with E-state index >= 15 is 0 Å². The summed E-state index contributed by atoms with van der Waals surface area (Å²) in [7, 11) is 0. The summed E-state index contributed by atoms with van der Waals surface area (Å²) in [6.45, 7) is 19.7. The quantitative estimate of drug-likeness (QED) is 0.0331. The molecule has 0 aliphatic carbocycles. The molecule has 0 radical (unpaired) electrons. The minimum Gasteiger partial charge on any atom is -0.391 e. The van der Waals surface area contributed by atoms with Gasteiger partial charge in [0.15, 0.2) is 11.5 Å². The number of hydrogen-bond acceptors (Lipinski definition) is 16. The normalized spacial score (nSPS) is 16.7. The number of aliphatic hydroxyl groups excluding tert-OH is 1. The zero-order chi connectivity index (χ0) is 54.1. The predicted molar refractivity (Wildman–Crippen MR) is 292 cm³/mol. The molecular weight excluding hydrogens is 989 g/mol. The molecular formula is C55H70N12O8S. The smallest absolute Gasteiger partial charge is 0.278 e. The monoisotopic (exact) mass is 1060 g/mol. The van der Waals surface area contributed by atoms with Crippen molar-refractivity contribution in [2.24, 2.45) is 5.41 Å². The Bertz CT molecular complexity index is 3030. The van der Waals surface area contributed by atoms with Crippen LogP contribution in [0.1, 0.15) is 70.8 Å². The SMILES string of the molecule is C=CCn1c(=O)c2cnc(Nc3ccc(N4CCN(CCCCOCOCC(=O)N[C@H](C(=O)N5CC(O)CC5C(=O)NCc5ccc(-c6scnc6C)cc5)C(C)(C)C)CC4)cc3)nc2n1-c1cccc(C(C)(C)O)n1. The van der Waals surface area contributed by atoms with Gasteiger partial charge in [0.1, 0.15) is 36.5 Å². The molecule has 5 N–H and O–H groups in total. The van der Waals surface area contributed by atoms with Crippen LogP contribution in [0.2, 0.25) is 0 Å². The van der Waals surface area contributed by atoms with E-state index in [0.29, 0.717) is 35.1 Å². The lowest BCUT2D eigenvalue weighted by Crippen LogP contribution is -2.58. The van der Waals surface area contributed by atoms with E-state index in [1.54, 1.807) is 54.1 Å². The molecule has 0 saturated carbocycles. The van der Waals surface area contributed by atoms with Gasteiger partial charge in [-0.15, -0.1) is 17.9 Å². The number of β-amino-alcohol motifs (C(OH)–C–C–N with tert-alkyl or cyclic N) is 1. The van der Waals surface area contributed by atoms with Gasteiger partial charge >= 0.3 is 0 Å². The van der Waals surface area contributed by atoms with Crippen LogP contribution >= 0.6 is 11.3 Å². The number of hydrogen-bond donors (Lipinski definition) is 5. The number of allylic oxidation sites excluding steroid dienone is 1. The molecule has 0 bridgehead atoms. The summed E-state index contributed by atoms with van der Waals surface area (Å²) < 4.78 is 14.3. The van der Waals surface area contributed by atoms with E-state index in [1.165, 1.54) is 15.8 Å². The topological polar surface area (TPSA) is 234 Å². The third-order valence-electron chi connectivity index (χ3n) is 13.5. The van der Waals surface area contributed by atoms with Crippen molar-refractivity contribution >= 4 is 57.4 Å². The first-order valence-electron chi connectivity index (χ1n) is 25.7. The van der Waals surface area contributed by atoms with Gasteiger partial charge < -0.3 is 45.4 Å². The van der Waals surface area contributed by atoms with Gasteiger partial charge in [0.05, 0.1) is 34.4 Å². The molecule has 0 spiro atoms. The maximum Gasteiger partial charge on any atom is 0.278 e. The number of ether oxygens (including phenoxy) is 2. The molecule has 8 rings (SSSR count). The first-order valence-corrected chi connectivity index (χ1v) is 26.6. The van der Waals surface area contributed by atoms with Crippen LogP contribution in [0, 0.1) is 12.3 Å². The van der Waals surface area contributed by atoms with Crippen LogP contribution in [0.3, 0.4) is 0 Å². The number of aryl methyl sites for hydroxylation is 1. The van der Waals surface area contributed by atoms with Crippen LogP contribution in [0.4, 0.5) is 17.3 Å². The lowest BCUT2D eigenvalue weighted by Gasteiger charge is -2.36. The number of aliphatic hydroxyl groups is 2. The molecule has 3 atom stereocenters. The highest BCUT2D eigenvalue weighted by atomic mass is 32.1. The number of likely N-dealkylation sites (tertiary alicyclic amines) is 1. The Balaban J connectivity index is 0.726. The lowest BCUT2D eigenvalue weighted by atomic mass is 9.85. The maximum atomic E-state index is 14.0. The van der Waals surface area contributed by atoms with Gasteiger partial charge in [-0.05, 0) is 93.1 Å². The molecule has 2 fully saturated rings. The van der Waals surface area contributed by atoms with Crippen LogP contribution in [0.15, 0.2) is 95.9 Å². The molecule has 4 aromatic heterocycles. The Morgan fingerprint density at radius 1 is 0.947 bits per heavy atom. The van der Waals surface area contributed by atoms with Crippen LogP contribution < -0.4 is 26.4 Å². The Morgan fingerprint density at radius 3 is 2.38 bits per heavy atom. The number of carbonyl (C=O) groups is 3. The number of rotatable bonds is 22. The molecule has 404 valence electrons. The van der Waals surface area contributed by atoms with Crippen LogP contribution in [0.5, 0.6) is 0 Å². The molecule has 2 aromatic carbocycles. The molecule has 6 heterocycles. The van der Waals surface area contributed by atoms with Gasteiger partial charge in [-0.1, -0.05) is 57.2 Å². The summed E-state index contributed by atoms with van der Waals surface area (Å²) in [5.74, 6) is -0.553. The van der Waals surface area contributed by atoms with Crippen molar-refractivity contribution < 1.29 is 34.1 Å². The van der Waals surface area contributed by atoms with E-state index in [-0.39, 0.29) is 50.9 Å². The molecule has 76 heavy (non-hydrogen) atoms. The number of pyridine rings is 1. The molecule has 2 aliphatic rings. The summed E-state index contributed by atoms with van der Waals surface area (Å²) in [6.07, 6.45) is 4.12. The van der Waals surface area contributed by atoms with Crippen molar-refractivity contribution in [2.45, 2.75) is 97.7 Å². The number of anilines is 3. The molecule has 6 aromatic rings. The van der Waals surface area contributed by atoms with Gasteiger partial charge in [-0.25, -0.2) is 24.3 Å². The van der Waals surface area contributed by atoms with Crippen molar-refractivity contribution in [1.29, 1.82) is 0 Å². The van der Waals surface area contributed by atoms with Crippen molar-refractivity contribution in [3.63, 3.8) is 0 Å². The van der Waals surface area contributed by atoms with E-state index in [1.807, 2.05) is 69.6 Å². The third kappa shape index (κ3) is 13.6. The highest BCUT2D eigenvalue weighted by molar-refractivity contribution is 7.13. The van der Waals surface area contributed by atoms with Crippen LogP contribution in [-0.2, 0) is 42.5 Å². The minimum absolute atomic E-state index is 0.0162. The Labute approximate surface area is 446 Å². The summed E-state index contributed by atoms with van der Waals surface area (Å²) in [5, 5.41) is 30.6. The van der Waals surface area contributed by atoms with Crippen molar-refractivity contribution in [1.82, 2.24) is 49.7 Å². The summed E-state index contributed by atoms with van der Waals surface area (Å²) in [4.78, 5) is 79.4. The fourth-order valence-electron chi connectivity index (χ4n) is 9.38. The number of thiazole rings is 1. The van der Waals surface area contributed by atoms with E-state index < -0.39 is 41.0 Å². The highest BCUT2D eigenvalue weighted by Crippen LogP contribution is 2.29. The van der Waals surface area contributed by atoms with Gasteiger partial charge in [0, 0.05) is 69.9 Å². The van der Waals surface area contributed by atoms with Crippen molar-refractivity contribution in [3.8, 4) is 16.3 Å². The fraction of sp³-hybridized carbons (Fsp3) is 0.455. The number of fused-ring (bicyclic) bond motifs is 1. The summed E-state index contributed by atoms with van der Waals surface area (Å²) >= 11 is 1.57. The second-order valence-corrected chi connectivity index (χ2v) is 21.7. The van der Waals surface area contributed by atoms with Gasteiger partial charge in [-0.3, -0.25) is 24.1 Å². The van der Waals surface area contributed by atoms with E-state index in [2.05, 4.69) is 59.4 Å². The van der Waals surface area contributed by atoms with Crippen LogP contribution in [0.25, 0.3) is 27.3 Å². The second-order valence-electron chi connectivity index (χ2n) is 20.9. The van der Waals surface area contributed by atoms with Crippen LogP contribution in [-0.4, -0.2) is 144 Å². The molecule has 20 nitrogen and oxygen atoms in total. The number of unbranched alkanes of at least 4 members (excludes halogenated alkanes) is 1. The minimum atomic E-state index is -1.19. The highest BCUT2D eigenvalue weighted by Gasteiger charge is 2.44. The average molecular weight is 1060 g/mol. The van der Waals surface area contributed by atoms with E-state index in [4.69, 9.17) is 14.5 Å². The largest absolute Gasteiger partial charge is 0.391 e. The van der Waals surface area contributed by atoms with E-state index in [0.717, 1.165) is 78.6 Å². The Hall–Kier alpha value is -6.88. The zero-order valence-corrected chi connectivity index (χ0v) is 45.0. The second kappa shape index (κ2) is 24.4. The molecule has 2 aliphatic heterocycles. The lowest BCUT2D eigenvalue weighted by molar-refractivity contribution is -0.145. The number of nitrogens with one attached hydrogen (secondary N) is 3. The maximum absolute atomic E-state index is 14.0. The molecule has 21 heteroatoms. The number of piperazine rings is 1. The Morgan fingerprint density at radius 2 is 1.70 bits per heavy atom. The van der Waals surface area contributed by atoms with Crippen molar-refractivity contribution in [2.75, 3.05) is 69.5 Å². The first kappa shape index (κ1) is 55.4. The van der Waals surface area contributed by atoms with Crippen molar-refractivity contribution in [3.05, 3.63) is 118 Å². The molecule has 3 amide bonds. The summed E-state index contributed by atoms with van der Waals surface area (Å²) in [5.41, 5.74) is 5.27. The first-order chi connectivity index (χ1) is 36.4. The van der Waals surface area contributed by atoms with Gasteiger partial charge in [0.2, 0.25) is 23.7 Å². The number of nitrogens with zero attached hydrogens (tertiary/aromatic N) is 9. The average Bonchev–Trinajstić information content (AvgIpc) is 4.18. The molecule has 2 saturated heterocycles. The third-order valence-corrected chi connectivity index (χ3v) is 14.5. The zero-order valence-electron chi connectivity index (χ0n) is 44.2. The fourth-order valence-corrected chi connectivity index (χ4v) is 10.2. The predicted octanol–water partition coefficient (Wildman–Crippen LogP) is 5.27. The summed E-state index contributed by atoms with van der Waals surface area (Å²) in [6, 6.07) is 19.4. The van der Waals surface area contributed by atoms with Gasteiger partial charge in [-0.2, -0.15) is 4.98 Å². The standard InChI is InChI=1S/C55H70N12O8S/c1-8-22-66-51(71)42-31-57-53(62-49(42)67(66)45-13-11-12-44(60-45)55(6,7)73)59-39-18-20-40(21-19-39)64-26-24-63(25-27-64)23-9-10-28-74-35-75-33-46(69)61-48(54(3,4)5)52(72)65-32-41(68)29-43(65)50(70)56-30-37-14-16-38(17-15-37)47-36(2)58-34-76-47/h8,11-21,31,34,41,43,48,68,73H,1,9-10,22-30,32-33,35H2,2-7H3,(H,56,70)(H,61,69)(H,57,59,62)/t41?,43?,48-/m1/s1. The number of benzene rings is 2. The number of amides is 3. The van der Waals surface area contributed by atoms with E-state index in [9.17, 15) is 29.4 Å². The van der Waals surface area contributed by atoms with Gasteiger partial charge in [0.25, 0.3) is 5.56 Å². The molecule has 2 unspecified atom stereocenters.